The third kappa shape index (κ3) is 18.8. The quantitative estimate of drug-likeness (QED) is 0.0475. The molecule has 4 N–H and O–H groups in total. The zero-order chi connectivity index (χ0) is 35.4. The molecule has 278 valence electrons. The molecule has 17 heteroatoms. The summed E-state index contributed by atoms with van der Waals surface area (Å²) in [5.74, 6) is -3.30. The molecule has 0 aliphatic carbocycles. The van der Waals surface area contributed by atoms with Crippen LogP contribution in [0.2, 0.25) is 0 Å². The molecule has 7 atom stereocenters. The monoisotopic (exact) mass is 952 g/mol. The first kappa shape index (κ1) is 47.7. The van der Waals surface area contributed by atoms with Gasteiger partial charge in [0.15, 0.2) is 0 Å². The number of thiol groups is 1. The maximum Gasteiger partial charge on any atom is 1.00 e. The second-order valence-corrected chi connectivity index (χ2v) is 17.7. The summed E-state index contributed by atoms with van der Waals surface area (Å²) in [6, 6.07) is 9.38. The predicted molar refractivity (Wildman–Crippen MR) is 192 cm³/mol. The number of carboxylic acids is 1. The number of ether oxygens (including phenoxy) is 3. The molecule has 0 radical (unpaired) electrons. The van der Waals surface area contributed by atoms with Crippen molar-refractivity contribution >= 4 is 77.7 Å². The molecule has 11 nitrogen and oxygen atoms in total. The van der Waals surface area contributed by atoms with Crippen LogP contribution in [0.5, 0.6) is 0 Å². The number of carboxylic acid groups (broad SMARTS) is 1. The second-order valence-electron chi connectivity index (χ2n) is 10.5. The van der Waals surface area contributed by atoms with Crippen LogP contribution in [0, 0.1) is 5.92 Å². The second kappa shape index (κ2) is 27.4. The summed E-state index contributed by atoms with van der Waals surface area (Å²) in [5.41, 5.74) is -0.156. The van der Waals surface area contributed by atoms with Crippen molar-refractivity contribution in [3.8, 4) is 0 Å². The van der Waals surface area contributed by atoms with Crippen LogP contribution in [0.1, 0.15) is 45.6 Å². The number of thiocarbonyl (C=S) groups is 1. The Hall–Kier alpha value is -0.260. The zero-order valence-corrected chi connectivity index (χ0v) is 33.7. The maximum atomic E-state index is 13.2. The van der Waals surface area contributed by atoms with Crippen LogP contribution in [-0.4, -0.2) is 121 Å². The Balaban J connectivity index is 0.00000248. The van der Waals surface area contributed by atoms with Crippen LogP contribution >= 0.6 is 56.3 Å². The molecule has 0 spiro atoms. The van der Waals surface area contributed by atoms with Crippen molar-refractivity contribution < 1.29 is 76.5 Å². The Labute approximate surface area is 319 Å². The third-order valence-electron chi connectivity index (χ3n) is 7.24. The molecule has 1 aromatic carbocycles. The van der Waals surface area contributed by atoms with E-state index in [0.29, 0.717) is 20.8 Å². The average Bonchev–Trinajstić information content (AvgIpc) is 3.06. The Bertz CT molecular complexity index is 1070. The Kier molecular flexibility index (Phi) is 27.3. The molecular formula is C31H48AuO11PS4. The van der Waals surface area contributed by atoms with E-state index in [1.165, 1.54) is 18.5 Å². The fourth-order valence-electron chi connectivity index (χ4n) is 4.40. The van der Waals surface area contributed by atoms with Gasteiger partial charge in [0.2, 0.25) is 0 Å². The Morgan fingerprint density at radius 1 is 1.02 bits per heavy atom. The van der Waals surface area contributed by atoms with Crippen molar-refractivity contribution in [3.05, 3.63) is 35.9 Å². The molecule has 1 saturated heterocycles. The van der Waals surface area contributed by atoms with E-state index in [0.717, 1.165) is 29.1 Å². The predicted octanol–water partition coefficient (Wildman–Crippen LogP) is 2.23. The van der Waals surface area contributed by atoms with E-state index in [9.17, 15) is 34.8 Å². The van der Waals surface area contributed by atoms with E-state index in [1.54, 1.807) is 0 Å². The molecule has 0 saturated carbocycles. The molecule has 1 aromatic rings. The van der Waals surface area contributed by atoms with Crippen molar-refractivity contribution in [2.24, 2.45) is 5.92 Å². The van der Waals surface area contributed by atoms with Gasteiger partial charge in [-0.25, -0.2) is 0 Å². The van der Waals surface area contributed by atoms with E-state index in [2.05, 4.69) is 33.4 Å². The number of aliphatic hydroxyl groups is 4. The van der Waals surface area contributed by atoms with Crippen LogP contribution in [0.25, 0.3) is 0 Å². The minimum atomic E-state index is -1.57. The summed E-state index contributed by atoms with van der Waals surface area (Å²) in [7, 11) is 0.446. The first-order valence-electron chi connectivity index (χ1n) is 15.5. The summed E-state index contributed by atoms with van der Waals surface area (Å²) in [6.07, 6.45) is -0.959. The number of aliphatic carboxylic acids is 1. The van der Waals surface area contributed by atoms with Crippen LogP contribution in [0.4, 0.5) is 0 Å². The van der Waals surface area contributed by atoms with Gasteiger partial charge in [0.25, 0.3) is 0 Å². The SMILES string of the molecule is CCP(CC)CC.O=C([O-])CCSC(=S)SC(CC(CCc1ccccc1)C(=O)OCCO)C(=O)OC[C@H]1O[C@@H](S)[C@@H](O)[C@@H](O)[C@@H]1O.[Au+]. The maximum absolute atomic E-state index is 13.2. The minimum absolute atomic E-state index is 0. The smallest absolute Gasteiger partial charge is 0.550 e. The summed E-state index contributed by atoms with van der Waals surface area (Å²) in [4.78, 5) is 36.8. The topological polar surface area (TPSA) is 183 Å². The fraction of sp³-hybridized carbons (Fsp3) is 0.677. The number of benzene rings is 1. The van der Waals surface area contributed by atoms with Gasteiger partial charge in [0.05, 0.1) is 12.5 Å². The summed E-state index contributed by atoms with van der Waals surface area (Å²) in [5, 5.41) is 48.8. The third-order valence-corrected chi connectivity index (χ3v) is 13.1. The molecule has 0 amide bonds. The van der Waals surface area contributed by atoms with Crippen LogP contribution in [0.3, 0.4) is 0 Å². The molecule has 48 heavy (non-hydrogen) atoms. The average molecular weight is 953 g/mol. The van der Waals surface area contributed by atoms with Gasteiger partial charge in [-0.2, -0.15) is 0 Å². The van der Waals surface area contributed by atoms with Gasteiger partial charge in [-0.3, -0.25) is 9.59 Å². The number of hydrogen-bond acceptors (Lipinski definition) is 15. The number of esters is 2. The van der Waals surface area contributed by atoms with Crippen molar-refractivity contribution in [1.29, 1.82) is 0 Å². The number of carbonyl (C=O) groups excluding carboxylic acids is 3. The van der Waals surface area contributed by atoms with Gasteiger partial charge in [-0.15, -0.1) is 32.3 Å². The number of aryl methyl sites for hydroxylation is 1. The standard InChI is InChI=1S/C25H34O11S4.C6H15P.Au/c26-9-10-34-22(32)15(7-6-14-4-2-1-3-5-14)12-17(40-25(38)39-11-8-18(27)28)23(33)35-13-16-19(29)20(30)21(31)24(37)36-16;1-4-7(5-2)6-3;/h1-5,15-17,19-21,24,26,29-31,37H,6-13H2,(H,27,28);4-6H2,1-3H3;/q;;+1/p-1/t15?,16-,17?,19-,20+,21+,24+;;/m1../s1. The van der Waals surface area contributed by atoms with E-state index in [4.69, 9.17) is 31.5 Å². The fourth-order valence-corrected chi connectivity index (χ4v) is 8.70. The molecule has 1 fully saturated rings. The molecule has 1 heterocycles. The van der Waals surface area contributed by atoms with E-state index >= 15 is 0 Å². The van der Waals surface area contributed by atoms with E-state index in [-0.39, 0.29) is 57.7 Å². The first-order chi connectivity index (χ1) is 22.4. The van der Waals surface area contributed by atoms with Crippen LogP contribution < -0.4 is 5.11 Å². The first-order valence-corrected chi connectivity index (χ1v) is 20.2. The molecule has 1 aliphatic heterocycles. The molecule has 0 bridgehead atoms. The number of hydrogen-bond donors (Lipinski definition) is 5. The molecule has 2 unspecified atom stereocenters. The van der Waals surface area contributed by atoms with Gasteiger partial charge in [0, 0.05) is 11.7 Å². The Morgan fingerprint density at radius 3 is 2.19 bits per heavy atom. The molecule has 0 aromatic heterocycles. The van der Waals surface area contributed by atoms with Gasteiger partial charge in [-0.05, 0) is 49.7 Å². The van der Waals surface area contributed by atoms with E-state index in [1.807, 2.05) is 30.3 Å². The summed E-state index contributed by atoms with van der Waals surface area (Å²) < 4.78 is 16.1. The van der Waals surface area contributed by atoms with Crippen molar-refractivity contribution in [3.63, 3.8) is 0 Å². The number of aliphatic hydroxyl groups excluding tert-OH is 4. The summed E-state index contributed by atoms with van der Waals surface area (Å²) in [6.45, 7) is 5.81. The van der Waals surface area contributed by atoms with Crippen LogP contribution in [-0.2, 0) is 57.4 Å². The van der Waals surface area contributed by atoms with Crippen LogP contribution in [0.15, 0.2) is 30.3 Å². The Morgan fingerprint density at radius 2 is 1.65 bits per heavy atom. The number of carbonyl (C=O) groups is 3. The molecule has 2 rings (SSSR count). The normalized spacial score (nSPS) is 21.6. The van der Waals surface area contributed by atoms with Gasteiger partial charge < -0.3 is 44.5 Å². The van der Waals surface area contributed by atoms with Gasteiger partial charge >= 0.3 is 34.3 Å². The number of thioether (sulfide) groups is 2. The van der Waals surface area contributed by atoms with Crippen molar-refractivity contribution in [1.82, 2.24) is 0 Å². The number of rotatable bonds is 18. The molecular weight excluding hydrogens is 905 g/mol. The van der Waals surface area contributed by atoms with Crippen molar-refractivity contribution in [2.75, 3.05) is 44.1 Å². The van der Waals surface area contributed by atoms with Crippen molar-refractivity contribution in [2.45, 2.75) is 81.6 Å². The van der Waals surface area contributed by atoms with Gasteiger partial charge in [0.1, 0.15) is 51.8 Å². The van der Waals surface area contributed by atoms with E-state index < -0.39 is 65.5 Å². The minimum Gasteiger partial charge on any atom is -0.550 e. The largest absolute Gasteiger partial charge is 1.00 e. The zero-order valence-electron chi connectivity index (χ0n) is 27.3. The van der Waals surface area contributed by atoms with Gasteiger partial charge in [-0.1, -0.05) is 75.1 Å². The molecule has 1 aliphatic rings. The summed E-state index contributed by atoms with van der Waals surface area (Å²) >= 11 is 11.3.